The average Bonchev–Trinajstić information content (AvgIpc) is 2.16. The molecule has 0 radical (unpaired) electrons. The van der Waals surface area contributed by atoms with Gasteiger partial charge in [-0.05, 0) is 17.7 Å². The molecule has 0 amide bonds. The summed E-state index contributed by atoms with van der Waals surface area (Å²) >= 11 is 5.77. The van der Waals surface area contributed by atoms with E-state index in [1.165, 1.54) is 0 Å². The lowest BCUT2D eigenvalue weighted by Gasteiger charge is -2.08. The Morgan fingerprint density at radius 2 is 2.21 bits per heavy atom. The van der Waals surface area contributed by atoms with Crippen LogP contribution in [0.2, 0.25) is 5.02 Å². The molecule has 0 bridgehead atoms. The van der Waals surface area contributed by atoms with E-state index in [0.717, 1.165) is 5.56 Å². The van der Waals surface area contributed by atoms with Crippen molar-refractivity contribution in [3.05, 3.63) is 34.3 Å². The summed E-state index contributed by atoms with van der Waals surface area (Å²) in [6.07, 6.45) is 0. The first-order valence-corrected chi connectivity index (χ1v) is 4.13. The highest BCUT2D eigenvalue weighted by molar-refractivity contribution is 6.31. The minimum atomic E-state index is -0.440. The summed E-state index contributed by atoms with van der Waals surface area (Å²) in [5.74, 6) is 0. The van der Waals surface area contributed by atoms with Gasteiger partial charge in [0.25, 0.3) is 0 Å². The van der Waals surface area contributed by atoms with Gasteiger partial charge in [-0.1, -0.05) is 17.7 Å². The van der Waals surface area contributed by atoms with E-state index in [4.69, 9.17) is 27.7 Å². The molecule has 0 aliphatic heterocycles. The van der Waals surface area contributed by atoms with Crippen molar-refractivity contribution in [1.82, 2.24) is 0 Å². The van der Waals surface area contributed by atoms with E-state index in [1.54, 1.807) is 18.2 Å². The molecule has 1 unspecified atom stereocenters. The molecule has 0 saturated carbocycles. The maximum atomic E-state index is 8.77. The summed E-state index contributed by atoms with van der Waals surface area (Å²) in [7, 11) is 0. The third-order valence-corrected chi connectivity index (χ3v) is 2.05. The van der Waals surface area contributed by atoms with E-state index in [1.807, 2.05) is 6.07 Å². The molecule has 0 fully saturated rings. The number of nitrogens with zero attached hydrogens (tertiary/aromatic N) is 1. The lowest BCUT2D eigenvalue weighted by atomic mass is 10.1. The van der Waals surface area contributed by atoms with Crippen molar-refractivity contribution in [2.24, 2.45) is 5.73 Å². The quantitative estimate of drug-likeness (QED) is 0.815. The highest BCUT2D eigenvalue weighted by Crippen LogP contribution is 2.19. The van der Waals surface area contributed by atoms with E-state index < -0.39 is 6.04 Å². The van der Waals surface area contributed by atoms with Gasteiger partial charge < -0.3 is 10.8 Å². The normalized spacial score (nSPS) is 11.3. The largest absolute Gasteiger partial charge is 0.394 e. The predicted octanol–water partition coefficient (Wildman–Crippen LogP) is 1.63. The molecule has 3 N–H and O–H groups in total. The number of aliphatic hydroxyl groups is 1. The molecule has 1 aromatic rings. The topological polar surface area (TPSA) is 70.0 Å². The zero-order valence-electron chi connectivity index (χ0n) is 7.27. The highest BCUT2D eigenvalue weighted by atomic mass is 35.5. The third-order valence-electron chi connectivity index (χ3n) is 1.74. The fraction of sp³-hybridized carbons (Fsp3) is 0.222. The molecule has 0 spiro atoms. The van der Waals surface area contributed by atoms with Gasteiger partial charge in [0.2, 0.25) is 0 Å². The van der Waals surface area contributed by atoms with Gasteiger partial charge in [0.1, 0.15) is 6.07 Å². The Hall–Kier alpha value is -0.790. The Labute approximate surface area is 93.5 Å². The Kier molecular flexibility index (Phi) is 5.51. The van der Waals surface area contributed by atoms with Gasteiger partial charge >= 0.3 is 0 Å². The smallest absolute Gasteiger partial charge is 0.101 e. The minimum absolute atomic E-state index is 0. The van der Waals surface area contributed by atoms with Crippen LogP contribution in [0, 0.1) is 11.3 Å². The Morgan fingerprint density at radius 3 is 2.64 bits per heavy atom. The van der Waals surface area contributed by atoms with Crippen LogP contribution >= 0.6 is 24.0 Å². The molecular formula is C9H10Cl2N2O. The second-order valence-electron chi connectivity index (χ2n) is 2.64. The first kappa shape index (κ1) is 13.2. The standard InChI is InChI=1S/C9H9ClN2O.ClH/c10-8-3-6(9(12)5-13)1-2-7(8)4-11;/h1-3,9,13H,5,12H2;1H. The molecular weight excluding hydrogens is 223 g/mol. The molecule has 0 heterocycles. The maximum Gasteiger partial charge on any atom is 0.101 e. The predicted molar refractivity (Wildman–Crippen MR) is 57.4 cm³/mol. The average molecular weight is 233 g/mol. The first-order valence-electron chi connectivity index (χ1n) is 3.75. The van der Waals surface area contributed by atoms with Gasteiger partial charge in [-0.3, -0.25) is 0 Å². The zero-order chi connectivity index (χ0) is 9.84. The number of nitrogens with two attached hydrogens (primary N) is 1. The van der Waals surface area contributed by atoms with Crippen LogP contribution in [0.25, 0.3) is 0 Å². The summed E-state index contributed by atoms with van der Waals surface area (Å²) in [5.41, 5.74) is 6.70. The van der Waals surface area contributed by atoms with Crippen LogP contribution in [-0.4, -0.2) is 11.7 Å². The van der Waals surface area contributed by atoms with Crippen LogP contribution < -0.4 is 5.73 Å². The van der Waals surface area contributed by atoms with E-state index in [2.05, 4.69) is 0 Å². The highest BCUT2D eigenvalue weighted by Gasteiger charge is 2.06. The number of benzene rings is 1. The molecule has 1 rings (SSSR count). The van der Waals surface area contributed by atoms with Crippen molar-refractivity contribution in [1.29, 1.82) is 5.26 Å². The Bertz CT molecular complexity index is 349. The van der Waals surface area contributed by atoms with Crippen molar-refractivity contribution < 1.29 is 5.11 Å². The van der Waals surface area contributed by atoms with Crippen LogP contribution in [0.4, 0.5) is 0 Å². The lowest BCUT2D eigenvalue weighted by molar-refractivity contribution is 0.268. The van der Waals surface area contributed by atoms with E-state index >= 15 is 0 Å². The SMILES string of the molecule is Cl.N#Cc1ccc(C(N)CO)cc1Cl. The molecule has 76 valence electrons. The van der Waals surface area contributed by atoms with E-state index in [9.17, 15) is 0 Å². The van der Waals surface area contributed by atoms with Gasteiger partial charge in [0.05, 0.1) is 23.2 Å². The van der Waals surface area contributed by atoms with Crippen molar-refractivity contribution in [2.75, 3.05) is 6.61 Å². The number of hydrogen-bond donors (Lipinski definition) is 2. The van der Waals surface area contributed by atoms with Gasteiger partial charge in [-0.25, -0.2) is 0 Å². The second-order valence-corrected chi connectivity index (χ2v) is 3.05. The monoisotopic (exact) mass is 232 g/mol. The molecule has 0 aliphatic carbocycles. The summed E-state index contributed by atoms with van der Waals surface area (Å²) < 4.78 is 0. The molecule has 14 heavy (non-hydrogen) atoms. The fourth-order valence-electron chi connectivity index (χ4n) is 0.958. The fourth-order valence-corrected chi connectivity index (χ4v) is 1.19. The van der Waals surface area contributed by atoms with Crippen LogP contribution in [0.5, 0.6) is 0 Å². The Morgan fingerprint density at radius 1 is 1.57 bits per heavy atom. The molecule has 0 aliphatic rings. The molecule has 1 aromatic carbocycles. The van der Waals surface area contributed by atoms with Crippen molar-refractivity contribution in [3.8, 4) is 6.07 Å². The zero-order valence-corrected chi connectivity index (χ0v) is 8.85. The number of aliphatic hydroxyl groups excluding tert-OH is 1. The summed E-state index contributed by atoms with van der Waals surface area (Å²) in [5, 5.41) is 17.7. The molecule has 1 atom stereocenters. The summed E-state index contributed by atoms with van der Waals surface area (Å²) in [6.45, 7) is -0.137. The van der Waals surface area contributed by atoms with E-state index in [-0.39, 0.29) is 19.0 Å². The van der Waals surface area contributed by atoms with Crippen LogP contribution in [0.1, 0.15) is 17.2 Å². The second kappa shape index (κ2) is 5.84. The van der Waals surface area contributed by atoms with Crippen LogP contribution in [-0.2, 0) is 0 Å². The van der Waals surface area contributed by atoms with Crippen LogP contribution in [0.15, 0.2) is 18.2 Å². The first-order chi connectivity index (χ1) is 6.19. The number of hydrogen-bond acceptors (Lipinski definition) is 3. The number of rotatable bonds is 2. The molecule has 3 nitrogen and oxygen atoms in total. The van der Waals surface area contributed by atoms with Crippen molar-refractivity contribution in [3.63, 3.8) is 0 Å². The third kappa shape index (κ3) is 2.86. The number of nitriles is 1. The van der Waals surface area contributed by atoms with Crippen molar-refractivity contribution in [2.45, 2.75) is 6.04 Å². The van der Waals surface area contributed by atoms with Crippen molar-refractivity contribution >= 4 is 24.0 Å². The summed E-state index contributed by atoms with van der Waals surface area (Å²) in [4.78, 5) is 0. The van der Waals surface area contributed by atoms with Crippen LogP contribution in [0.3, 0.4) is 0 Å². The number of halogens is 2. The minimum Gasteiger partial charge on any atom is -0.394 e. The van der Waals surface area contributed by atoms with Gasteiger partial charge in [0, 0.05) is 0 Å². The summed E-state index contributed by atoms with van der Waals surface area (Å²) in [6, 6.07) is 6.38. The van der Waals surface area contributed by atoms with Gasteiger partial charge in [-0.2, -0.15) is 5.26 Å². The van der Waals surface area contributed by atoms with Gasteiger partial charge in [0.15, 0.2) is 0 Å². The van der Waals surface area contributed by atoms with E-state index in [0.29, 0.717) is 10.6 Å². The molecule has 0 saturated heterocycles. The molecule has 0 aromatic heterocycles. The lowest BCUT2D eigenvalue weighted by Crippen LogP contribution is -2.14. The van der Waals surface area contributed by atoms with Gasteiger partial charge in [-0.15, -0.1) is 12.4 Å². The molecule has 5 heteroatoms. The maximum absolute atomic E-state index is 8.77. The Balaban J connectivity index is 0.00000169.